The molecule has 2 aliphatic rings. The van der Waals surface area contributed by atoms with Gasteiger partial charge in [-0.2, -0.15) is 0 Å². The van der Waals surface area contributed by atoms with Crippen LogP contribution >= 0.6 is 0 Å². The number of carbonyl (C=O) groups is 2. The predicted octanol–water partition coefficient (Wildman–Crippen LogP) is 3.00. The van der Waals surface area contributed by atoms with Gasteiger partial charge in [-0.3, -0.25) is 4.79 Å². The topological polar surface area (TPSA) is 77.1 Å². The molecule has 0 aliphatic carbocycles. The SMILES string of the molecule is CC[C@@]1(C)Oc2ccc(NC(=O)N3CCC[C@@H](C(=O)OC)C3)cc2O1. The second kappa shape index (κ2) is 6.82. The first-order valence-electron chi connectivity index (χ1n) is 8.60. The van der Waals surface area contributed by atoms with Gasteiger partial charge in [0.25, 0.3) is 0 Å². The Kier molecular flexibility index (Phi) is 4.74. The molecule has 7 nitrogen and oxygen atoms in total. The molecule has 0 radical (unpaired) electrons. The highest BCUT2D eigenvalue weighted by Gasteiger charge is 2.35. The molecule has 3 rings (SSSR count). The Balaban J connectivity index is 1.64. The smallest absolute Gasteiger partial charge is 0.321 e. The second-order valence-electron chi connectivity index (χ2n) is 6.59. The van der Waals surface area contributed by atoms with Gasteiger partial charge in [-0.1, -0.05) is 6.92 Å². The average Bonchev–Trinajstić information content (AvgIpc) is 2.97. The van der Waals surface area contributed by atoms with E-state index in [2.05, 4.69) is 5.32 Å². The number of anilines is 1. The maximum atomic E-state index is 12.5. The van der Waals surface area contributed by atoms with E-state index in [1.54, 1.807) is 23.1 Å². The molecule has 2 atom stereocenters. The van der Waals surface area contributed by atoms with Crippen molar-refractivity contribution in [3.8, 4) is 11.5 Å². The maximum absolute atomic E-state index is 12.5. The molecule has 0 unspecified atom stereocenters. The number of benzene rings is 1. The van der Waals surface area contributed by atoms with Crippen LogP contribution in [0.2, 0.25) is 0 Å². The first kappa shape index (κ1) is 17.4. The molecule has 136 valence electrons. The minimum absolute atomic E-state index is 0.231. The van der Waals surface area contributed by atoms with Crippen molar-refractivity contribution in [1.29, 1.82) is 0 Å². The molecule has 1 fully saturated rings. The van der Waals surface area contributed by atoms with Crippen molar-refractivity contribution in [2.45, 2.75) is 38.9 Å². The van der Waals surface area contributed by atoms with Gasteiger partial charge in [0.05, 0.1) is 13.0 Å². The lowest BCUT2D eigenvalue weighted by Crippen LogP contribution is -2.44. The third kappa shape index (κ3) is 3.65. The highest BCUT2D eigenvalue weighted by atomic mass is 16.7. The van der Waals surface area contributed by atoms with E-state index in [1.165, 1.54) is 7.11 Å². The van der Waals surface area contributed by atoms with Gasteiger partial charge in [-0.25, -0.2) is 4.79 Å². The van der Waals surface area contributed by atoms with E-state index in [9.17, 15) is 9.59 Å². The van der Waals surface area contributed by atoms with Crippen LogP contribution in [-0.2, 0) is 9.53 Å². The summed E-state index contributed by atoms with van der Waals surface area (Å²) >= 11 is 0. The lowest BCUT2D eigenvalue weighted by Gasteiger charge is -2.31. The first-order valence-corrected chi connectivity index (χ1v) is 8.60. The van der Waals surface area contributed by atoms with Gasteiger partial charge < -0.3 is 24.4 Å². The number of fused-ring (bicyclic) bond motifs is 1. The maximum Gasteiger partial charge on any atom is 0.321 e. The van der Waals surface area contributed by atoms with Crippen molar-refractivity contribution in [2.24, 2.45) is 5.92 Å². The minimum atomic E-state index is -0.661. The number of carbonyl (C=O) groups excluding carboxylic acids is 2. The lowest BCUT2D eigenvalue weighted by atomic mass is 9.98. The van der Waals surface area contributed by atoms with E-state index in [4.69, 9.17) is 14.2 Å². The molecule has 2 amide bonds. The Bertz CT molecular complexity index is 677. The Morgan fingerprint density at radius 2 is 2.12 bits per heavy atom. The number of nitrogens with zero attached hydrogens (tertiary/aromatic N) is 1. The molecule has 0 aromatic heterocycles. The van der Waals surface area contributed by atoms with Crippen molar-refractivity contribution in [1.82, 2.24) is 4.90 Å². The molecular formula is C18H24N2O5. The fourth-order valence-corrected chi connectivity index (χ4v) is 3.10. The number of esters is 1. The van der Waals surface area contributed by atoms with Gasteiger partial charge in [0.2, 0.25) is 5.79 Å². The molecule has 1 aromatic carbocycles. The van der Waals surface area contributed by atoms with Gasteiger partial charge in [0, 0.05) is 38.2 Å². The highest BCUT2D eigenvalue weighted by molar-refractivity contribution is 5.90. The predicted molar refractivity (Wildman–Crippen MR) is 91.7 cm³/mol. The third-order valence-electron chi connectivity index (χ3n) is 4.73. The number of nitrogens with one attached hydrogen (secondary N) is 1. The molecular weight excluding hydrogens is 324 g/mol. The minimum Gasteiger partial charge on any atom is -0.469 e. The van der Waals surface area contributed by atoms with Crippen molar-refractivity contribution in [2.75, 3.05) is 25.5 Å². The zero-order valence-electron chi connectivity index (χ0n) is 14.8. The Morgan fingerprint density at radius 3 is 2.84 bits per heavy atom. The van der Waals surface area contributed by atoms with E-state index < -0.39 is 5.79 Å². The quantitative estimate of drug-likeness (QED) is 0.850. The van der Waals surface area contributed by atoms with Crippen LogP contribution < -0.4 is 14.8 Å². The zero-order valence-corrected chi connectivity index (χ0v) is 14.8. The summed E-state index contributed by atoms with van der Waals surface area (Å²) in [6.07, 6.45) is 2.24. The monoisotopic (exact) mass is 348 g/mol. The Labute approximate surface area is 147 Å². The molecule has 0 spiro atoms. The van der Waals surface area contributed by atoms with Crippen LogP contribution in [0.4, 0.5) is 10.5 Å². The summed E-state index contributed by atoms with van der Waals surface area (Å²) in [7, 11) is 1.37. The summed E-state index contributed by atoms with van der Waals surface area (Å²) in [5, 5.41) is 2.86. The van der Waals surface area contributed by atoms with Gasteiger partial charge >= 0.3 is 12.0 Å². The Morgan fingerprint density at radius 1 is 1.36 bits per heavy atom. The number of ether oxygens (including phenoxy) is 3. The van der Waals surface area contributed by atoms with Crippen LogP contribution in [-0.4, -0.2) is 42.9 Å². The number of piperidine rings is 1. The van der Waals surface area contributed by atoms with Gasteiger partial charge in [-0.15, -0.1) is 0 Å². The number of hydrogen-bond donors (Lipinski definition) is 1. The van der Waals surface area contributed by atoms with E-state index in [1.807, 2.05) is 13.8 Å². The number of methoxy groups -OCH3 is 1. The van der Waals surface area contributed by atoms with Gasteiger partial charge in [0.15, 0.2) is 11.5 Å². The van der Waals surface area contributed by atoms with Crippen LogP contribution in [0.3, 0.4) is 0 Å². The van der Waals surface area contributed by atoms with Crippen LogP contribution in [0.25, 0.3) is 0 Å². The van der Waals surface area contributed by atoms with Crippen LogP contribution in [0, 0.1) is 5.92 Å². The average molecular weight is 348 g/mol. The van der Waals surface area contributed by atoms with Gasteiger partial charge in [-0.05, 0) is 25.0 Å². The fraction of sp³-hybridized carbons (Fsp3) is 0.556. The van der Waals surface area contributed by atoms with Crippen molar-refractivity contribution in [3.05, 3.63) is 18.2 Å². The molecule has 25 heavy (non-hydrogen) atoms. The summed E-state index contributed by atoms with van der Waals surface area (Å²) < 4.78 is 16.4. The van der Waals surface area contributed by atoms with Crippen molar-refractivity contribution >= 4 is 17.7 Å². The Hall–Kier alpha value is -2.44. The molecule has 1 saturated heterocycles. The van der Waals surface area contributed by atoms with E-state index in [-0.39, 0.29) is 17.9 Å². The summed E-state index contributed by atoms with van der Waals surface area (Å²) in [6.45, 7) is 4.86. The molecule has 7 heteroatoms. The number of rotatable bonds is 3. The number of hydrogen-bond acceptors (Lipinski definition) is 5. The fourth-order valence-electron chi connectivity index (χ4n) is 3.10. The zero-order chi connectivity index (χ0) is 18.0. The normalized spacial score (nSPS) is 24.8. The van der Waals surface area contributed by atoms with Crippen LogP contribution in [0.1, 0.15) is 33.1 Å². The van der Waals surface area contributed by atoms with E-state index in [0.29, 0.717) is 36.7 Å². The first-order chi connectivity index (χ1) is 11.9. The molecule has 2 aliphatic heterocycles. The van der Waals surface area contributed by atoms with Crippen LogP contribution in [0.15, 0.2) is 18.2 Å². The van der Waals surface area contributed by atoms with Crippen molar-refractivity contribution in [3.63, 3.8) is 0 Å². The van der Waals surface area contributed by atoms with Gasteiger partial charge in [0.1, 0.15) is 0 Å². The molecule has 1 aromatic rings. The lowest BCUT2D eigenvalue weighted by molar-refractivity contribution is -0.146. The molecule has 1 N–H and O–H groups in total. The van der Waals surface area contributed by atoms with Crippen molar-refractivity contribution < 1.29 is 23.8 Å². The molecule has 2 heterocycles. The summed E-state index contributed by atoms with van der Waals surface area (Å²) in [6, 6.07) is 5.10. The van der Waals surface area contributed by atoms with E-state index >= 15 is 0 Å². The number of likely N-dealkylation sites (tertiary alicyclic amines) is 1. The number of urea groups is 1. The van der Waals surface area contributed by atoms with Crippen LogP contribution in [0.5, 0.6) is 11.5 Å². The largest absolute Gasteiger partial charge is 0.469 e. The number of amides is 2. The third-order valence-corrected chi connectivity index (χ3v) is 4.73. The molecule has 0 saturated carbocycles. The standard InChI is InChI=1S/C18H24N2O5/c1-4-18(2)24-14-8-7-13(10-15(14)25-18)19-17(22)20-9-5-6-12(11-20)16(21)23-3/h7-8,10,12H,4-6,9,11H2,1-3H3,(H,19,22)/t12-,18+/m1/s1. The van der Waals surface area contributed by atoms with E-state index in [0.717, 1.165) is 12.8 Å². The summed E-state index contributed by atoms with van der Waals surface area (Å²) in [4.78, 5) is 25.8. The second-order valence-corrected chi connectivity index (χ2v) is 6.59. The summed E-state index contributed by atoms with van der Waals surface area (Å²) in [5.41, 5.74) is 0.632. The summed E-state index contributed by atoms with van der Waals surface area (Å²) in [5.74, 6) is 0.108. The molecule has 0 bridgehead atoms. The highest BCUT2D eigenvalue weighted by Crippen LogP contribution is 2.42.